The van der Waals surface area contributed by atoms with E-state index in [4.69, 9.17) is 0 Å². The number of nitrogens with zero attached hydrogens (tertiary/aromatic N) is 3. The van der Waals surface area contributed by atoms with Gasteiger partial charge in [0.2, 0.25) is 0 Å². The molecule has 1 unspecified atom stereocenters. The Labute approximate surface area is 144 Å². The van der Waals surface area contributed by atoms with E-state index in [2.05, 4.69) is 20.2 Å². The molecule has 0 spiro atoms. The van der Waals surface area contributed by atoms with Crippen LogP contribution in [0.4, 0.5) is 14.5 Å². The largest absolute Gasteiger partial charge is 0.381 e. The Balaban J connectivity index is 1.58. The van der Waals surface area contributed by atoms with Crippen LogP contribution in [-0.4, -0.2) is 40.3 Å². The summed E-state index contributed by atoms with van der Waals surface area (Å²) in [6.45, 7) is 2.66. The average molecular weight is 350 g/mol. The van der Waals surface area contributed by atoms with E-state index in [-0.39, 0.29) is 6.04 Å². The molecule has 1 N–H and O–H groups in total. The Bertz CT molecular complexity index is 681. The number of aromatic nitrogens is 2. The number of thioether (sulfide) groups is 1. The number of hydrogen-bond donors (Lipinski definition) is 1. The standard InChI is InChI=1S/C17H20F2N4S/c1-24-17-20-8-12(9-21-17)10-23-6-2-3-14(11-23)22-13-4-5-15(18)16(19)7-13/h4-5,7-9,14,22H,2-3,6,10-11H2,1H3. The molecule has 3 rings (SSSR count). The first kappa shape index (κ1) is 17.1. The van der Waals surface area contributed by atoms with Crippen LogP contribution < -0.4 is 5.32 Å². The molecule has 7 heteroatoms. The molecule has 2 aromatic rings. The van der Waals surface area contributed by atoms with Crippen LogP contribution >= 0.6 is 11.8 Å². The van der Waals surface area contributed by atoms with Crippen molar-refractivity contribution in [2.45, 2.75) is 30.6 Å². The number of halogens is 2. The highest BCUT2D eigenvalue weighted by molar-refractivity contribution is 7.98. The molecule has 24 heavy (non-hydrogen) atoms. The summed E-state index contributed by atoms with van der Waals surface area (Å²) in [6, 6.07) is 4.16. The molecule has 128 valence electrons. The van der Waals surface area contributed by atoms with Gasteiger partial charge in [0.25, 0.3) is 0 Å². The maximum Gasteiger partial charge on any atom is 0.187 e. The predicted molar refractivity (Wildman–Crippen MR) is 92.1 cm³/mol. The second-order valence-corrected chi connectivity index (χ2v) is 6.70. The maximum atomic E-state index is 13.3. The molecule has 0 amide bonds. The first-order chi connectivity index (χ1) is 11.6. The topological polar surface area (TPSA) is 41.1 Å². The van der Waals surface area contributed by atoms with Gasteiger partial charge < -0.3 is 5.32 Å². The highest BCUT2D eigenvalue weighted by atomic mass is 32.2. The second-order valence-electron chi connectivity index (χ2n) is 5.93. The Morgan fingerprint density at radius 2 is 2.04 bits per heavy atom. The van der Waals surface area contributed by atoms with E-state index in [0.717, 1.165) is 49.3 Å². The monoisotopic (exact) mass is 350 g/mol. The Hall–Kier alpha value is -1.73. The lowest BCUT2D eigenvalue weighted by atomic mass is 10.0. The van der Waals surface area contributed by atoms with Gasteiger partial charge in [0.05, 0.1) is 0 Å². The maximum absolute atomic E-state index is 13.3. The number of likely N-dealkylation sites (tertiary alicyclic amines) is 1. The molecule has 1 atom stereocenters. The molecule has 0 bridgehead atoms. The van der Waals surface area contributed by atoms with Gasteiger partial charge in [0, 0.05) is 48.8 Å². The molecule has 1 aliphatic rings. The molecule has 4 nitrogen and oxygen atoms in total. The van der Waals surface area contributed by atoms with E-state index >= 15 is 0 Å². The SMILES string of the molecule is CSc1ncc(CN2CCCC(Nc3ccc(F)c(F)c3)C2)cn1. The molecular weight excluding hydrogens is 330 g/mol. The van der Waals surface area contributed by atoms with Crippen LogP contribution in [0.3, 0.4) is 0 Å². The zero-order valence-corrected chi connectivity index (χ0v) is 14.3. The first-order valence-corrected chi connectivity index (χ1v) is 9.15. The summed E-state index contributed by atoms with van der Waals surface area (Å²) in [5.41, 5.74) is 1.70. The van der Waals surface area contributed by atoms with Crippen molar-refractivity contribution >= 4 is 17.4 Å². The normalized spacial score (nSPS) is 18.5. The Kier molecular flexibility index (Phi) is 5.63. The van der Waals surface area contributed by atoms with Crippen LogP contribution in [0.15, 0.2) is 35.7 Å². The fraction of sp³-hybridized carbons (Fsp3) is 0.412. The van der Waals surface area contributed by atoms with Crippen molar-refractivity contribution in [3.05, 3.63) is 47.8 Å². The Morgan fingerprint density at radius 1 is 1.25 bits per heavy atom. The van der Waals surface area contributed by atoms with Gasteiger partial charge in [-0.3, -0.25) is 4.90 Å². The van der Waals surface area contributed by atoms with Crippen molar-refractivity contribution in [1.82, 2.24) is 14.9 Å². The lowest BCUT2D eigenvalue weighted by molar-refractivity contribution is 0.208. The van der Waals surface area contributed by atoms with Gasteiger partial charge in [-0.25, -0.2) is 18.7 Å². The zero-order valence-electron chi connectivity index (χ0n) is 13.5. The van der Waals surface area contributed by atoms with Gasteiger partial charge in [0.15, 0.2) is 16.8 Å². The summed E-state index contributed by atoms with van der Waals surface area (Å²) in [6.07, 6.45) is 7.76. The van der Waals surface area contributed by atoms with Crippen LogP contribution in [0, 0.1) is 11.6 Å². The highest BCUT2D eigenvalue weighted by Gasteiger charge is 2.20. The molecular formula is C17H20F2N4S. The van der Waals surface area contributed by atoms with E-state index in [1.165, 1.54) is 17.8 Å². The smallest absolute Gasteiger partial charge is 0.187 e. The second kappa shape index (κ2) is 7.90. The molecule has 1 aromatic carbocycles. The van der Waals surface area contributed by atoms with E-state index in [0.29, 0.717) is 5.69 Å². The van der Waals surface area contributed by atoms with E-state index < -0.39 is 11.6 Å². The van der Waals surface area contributed by atoms with Crippen molar-refractivity contribution in [2.75, 3.05) is 24.7 Å². The predicted octanol–water partition coefficient (Wildman–Crippen LogP) is 3.55. The van der Waals surface area contributed by atoms with Crippen LogP contribution in [0.5, 0.6) is 0 Å². The number of rotatable bonds is 5. The minimum Gasteiger partial charge on any atom is -0.381 e. The summed E-state index contributed by atoms with van der Waals surface area (Å²) >= 11 is 1.52. The number of hydrogen-bond acceptors (Lipinski definition) is 5. The lowest BCUT2D eigenvalue weighted by Gasteiger charge is -2.33. The number of piperidine rings is 1. The van der Waals surface area contributed by atoms with E-state index in [1.807, 2.05) is 18.6 Å². The third-order valence-corrected chi connectivity index (χ3v) is 4.64. The number of anilines is 1. The molecule has 1 saturated heterocycles. The summed E-state index contributed by atoms with van der Waals surface area (Å²) in [5, 5.41) is 4.07. The van der Waals surface area contributed by atoms with Crippen LogP contribution in [0.25, 0.3) is 0 Å². The van der Waals surface area contributed by atoms with Gasteiger partial charge in [-0.15, -0.1) is 0 Å². The fourth-order valence-electron chi connectivity index (χ4n) is 2.93. The summed E-state index contributed by atoms with van der Waals surface area (Å²) in [4.78, 5) is 10.9. The van der Waals surface area contributed by atoms with Crippen molar-refractivity contribution in [3.63, 3.8) is 0 Å². The molecule has 0 saturated carbocycles. The van der Waals surface area contributed by atoms with Crippen molar-refractivity contribution in [2.24, 2.45) is 0 Å². The van der Waals surface area contributed by atoms with Gasteiger partial charge in [-0.1, -0.05) is 11.8 Å². The average Bonchev–Trinajstić information content (AvgIpc) is 2.59. The number of benzene rings is 1. The van der Waals surface area contributed by atoms with Crippen LogP contribution in [0.1, 0.15) is 18.4 Å². The third kappa shape index (κ3) is 4.42. The van der Waals surface area contributed by atoms with Gasteiger partial charge in [0.1, 0.15) is 0 Å². The summed E-state index contributed by atoms with van der Waals surface area (Å²) in [7, 11) is 0. The van der Waals surface area contributed by atoms with Crippen LogP contribution in [0.2, 0.25) is 0 Å². The molecule has 1 aliphatic heterocycles. The van der Waals surface area contributed by atoms with E-state index in [9.17, 15) is 8.78 Å². The summed E-state index contributed by atoms with van der Waals surface area (Å²) in [5.74, 6) is -1.64. The number of nitrogens with one attached hydrogen (secondary N) is 1. The fourth-order valence-corrected chi connectivity index (χ4v) is 3.24. The minimum absolute atomic E-state index is 0.218. The summed E-state index contributed by atoms with van der Waals surface area (Å²) < 4.78 is 26.3. The van der Waals surface area contributed by atoms with Crippen molar-refractivity contribution in [3.8, 4) is 0 Å². The van der Waals surface area contributed by atoms with Gasteiger partial charge in [-0.2, -0.15) is 0 Å². The van der Waals surface area contributed by atoms with Crippen molar-refractivity contribution < 1.29 is 8.78 Å². The Morgan fingerprint density at radius 3 is 2.75 bits per heavy atom. The van der Waals surface area contributed by atoms with Gasteiger partial charge >= 0.3 is 0 Å². The van der Waals surface area contributed by atoms with E-state index in [1.54, 1.807) is 6.07 Å². The lowest BCUT2D eigenvalue weighted by Crippen LogP contribution is -2.41. The molecule has 1 aromatic heterocycles. The third-order valence-electron chi connectivity index (χ3n) is 4.07. The highest BCUT2D eigenvalue weighted by Crippen LogP contribution is 2.19. The van der Waals surface area contributed by atoms with Crippen molar-refractivity contribution in [1.29, 1.82) is 0 Å². The molecule has 0 aliphatic carbocycles. The van der Waals surface area contributed by atoms with Gasteiger partial charge in [-0.05, 0) is 37.8 Å². The molecule has 1 fully saturated rings. The minimum atomic E-state index is -0.821. The molecule has 0 radical (unpaired) electrons. The van der Waals surface area contributed by atoms with Crippen LogP contribution in [-0.2, 0) is 6.54 Å². The quantitative estimate of drug-likeness (QED) is 0.660. The zero-order chi connectivity index (χ0) is 16.9. The molecule has 2 heterocycles. The first-order valence-electron chi connectivity index (χ1n) is 7.93.